The van der Waals surface area contributed by atoms with Crippen LogP contribution in [0.5, 0.6) is 5.75 Å². The van der Waals surface area contributed by atoms with Gasteiger partial charge in [0.15, 0.2) is 0 Å². The normalized spacial score (nSPS) is 11.6. The topological polar surface area (TPSA) is 9.23 Å². The fraction of sp³-hybridized carbons (Fsp3) is 0.143. The number of alkyl halides is 3. The van der Waals surface area contributed by atoms with Gasteiger partial charge in [-0.2, -0.15) is 0 Å². The summed E-state index contributed by atoms with van der Waals surface area (Å²) in [5.74, 6) is -1.34. The van der Waals surface area contributed by atoms with Crippen LogP contribution in [-0.2, 0) is 0 Å². The zero-order chi connectivity index (χ0) is 10.9. The van der Waals surface area contributed by atoms with Crippen LogP contribution in [-0.4, -0.2) is 6.36 Å². The highest BCUT2D eigenvalue weighted by Gasteiger charge is 2.32. The van der Waals surface area contributed by atoms with Crippen LogP contribution in [0.25, 0.3) is 0 Å². The summed E-state index contributed by atoms with van der Waals surface area (Å²) in [5, 5.41) is 0. The maximum absolute atomic E-state index is 12.8. The lowest BCUT2D eigenvalue weighted by Gasteiger charge is -2.10. The van der Waals surface area contributed by atoms with Gasteiger partial charge in [0.1, 0.15) is 11.6 Å². The highest BCUT2D eigenvalue weighted by Crippen LogP contribution is 2.31. The Hall–Kier alpha value is -0.0500. The summed E-state index contributed by atoms with van der Waals surface area (Å²) in [6.07, 6.45) is -4.81. The lowest BCUT2D eigenvalue weighted by molar-refractivity contribution is -0.275. The lowest BCUT2D eigenvalue weighted by Crippen LogP contribution is -2.18. The number of hydrogen-bond acceptors (Lipinski definition) is 1. The molecule has 0 spiro atoms. The molecule has 0 radical (unpaired) electrons. The molecule has 0 aliphatic rings. The fourth-order valence-corrected chi connectivity index (χ4v) is 2.06. The van der Waals surface area contributed by atoms with Crippen LogP contribution >= 0.6 is 38.5 Å². The van der Waals surface area contributed by atoms with Crippen LogP contribution in [0.4, 0.5) is 17.6 Å². The summed E-state index contributed by atoms with van der Waals surface area (Å²) < 4.78 is 52.1. The van der Waals surface area contributed by atoms with Gasteiger partial charge in [0.2, 0.25) is 0 Å². The van der Waals surface area contributed by atoms with Crippen LogP contribution in [0.15, 0.2) is 16.6 Å². The van der Waals surface area contributed by atoms with Crippen molar-refractivity contribution in [2.75, 3.05) is 0 Å². The second kappa shape index (κ2) is 4.21. The van der Waals surface area contributed by atoms with Gasteiger partial charge in [0.25, 0.3) is 0 Å². The van der Waals surface area contributed by atoms with E-state index in [0.29, 0.717) is 6.07 Å². The Bertz CT molecular complexity index is 352. The van der Waals surface area contributed by atoms with Crippen molar-refractivity contribution < 1.29 is 22.3 Å². The van der Waals surface area contributed by atoms with E-state index in [1.165, 1.54) is 6.07 Å². The van der Waals surface area contributed by atoms with Gasteiger partial charge >= 0.3 is 6.36 Å². The Kier molecular flexibility index (Phi) is 3.62. The third kappa shape index (κ3) is 3.26. The molecule has 0 unspecified atom stereocenters. The SMILES string of the molecule is Fc1cc(OC(F)(F)F)c(I)cc1Br. The second-order valence-corrected chi connectivity index (χ2v) is 4.26. The van der Waals surface area contributed by atoms with Gasteiger partial charge in [0.05, 0.1) is 8.04 Å². The summed E-state index contributed by atoms with van der Waals surface area (Å²) in [7, 11) is 0. The average molecular weight is 385 g/mol. The van der Waals surface area contributed by atoms with Gasteiger partial charge in [-0.05, 0) is 44.6 Å². The van der Waals surface area contributed by atoms with E-state index in [9.17, 15) is 17.6 Å². The third-order valence-electron chi connectivity index (χ3n) is 1.20. The molecule has 0 atom stereocenters. The molecule has 0 saturated heterocycles. The highest BCUT2D eigenvalue weighted by atomic mass is 127. The fourth-order valence-electron chi connectivity index (χ4n) is 0.707. The van der Waals surface area contributed by atoms with Crippen molar-refractivity contribution in [1.29, 1.82) is 0 Å². The van der Waals surface area contributed by atoms with Crippen molar-refractivity contribution in [1.82, 2.24) is 0 Å². The molecule has 1 rings (SSSR count). The van der Waals surface area contributed by atoms with E-state index >= 15 is 0 Å². The lowest BCUT2D eigenvalue weighted by atomic mass is 10.3. The number of ether oxygens (including phenoxy) is 1. The number of rotatable bonds is 1. The molecule has 78 valence electrons. The predicted octanol–water partition coefficient (Wildman–Crippen LogP) is 4.09. The number of halogens is 6. The quantitative estimate of drug-likeness (QED) is 0.402. The van der Waals surface area contributed by atoms with E-state index in [4.69, 9.17) is 0 Å². The minimum Gasteiger partial charge on any atom is -0.405 e. The summed E-state index contributed by atoms with van der Waals surface area (Å²) in [4.78, 5) is 0. The number of benzene rings is 1. The molecule has 0 aliphatic carbocycles. The Labute approximate surface area is 98.7 Å². The second-order valence-electron chi connectivity index (χ2n) is 2.24. The first-order valence-electron chi connectivity index (χ1n) is 3.20. The molecule has 0 heterocycles. The molecule has 0 fully saturated rings. The van der Waals surface area contributed by atoms with Crippen molar-refractivity contribution in [3.8, 4) is 5.75 Å². The molecule has 0 aliphatic heterocycles. The van der Waals surface area contributed by atoms with Crippen molar-refractivity contribution in [3.05, 3.63) is 26.0 Å². The van der Waals surface area contributed by atoms with E-state index in [-0.39, 0.29) is 8.04 Å². The van der Waals surface area contributed by atoms with E-state index in [1.807, 2.05) is 0 Å². The van der Waals surface area contributed by atoms with Crippen LogP contribution in [0.2, 0.25) is 0 Å². The summed E-state index contributed by atoms with van der Waals surface area (Å²) in [5.41, 5.74) is 0. The van der Waals surface area contributed by atoms with Crippen LogP contribution < -0.4 is 4.74 Å². The van der Waals surface area contributed by atoms with E-state index in [2.05, 4.69) is 20.7 Å². The Morgan fingerprint density at radius 3 is 2.36 bits per heavy atom. The summed E-state index contributed by atoms with van der Waals surface area (Å²) >= 11 is 4.46. The Morgan fingerprint density at radius 1 is 1.29 bits per heavy atom. The third-order valence-corrected chi connectivity index (χ3v) is 2.65. The first-order valence-corrected chi connectivity index (χ1v) is 5.07. The molecular weight excluding hydrogens is 383 g/mol. The average Bonchev–Trinajstić information content (AvgIpc) is 1.97. The van der Waals surface area contributed by atoms with Gasteiger partial charge < -0.3 is 4.74 Å². The number of hydrogen-bond donors (Lipinski definition) is 0. The Balaban J connectivity index is 3.04. The molecule has 0 aromatic heterocycles. The zero-order valence-corrected chi connectivity index (χ0v) is 10.1. The molecule has 0 bridgehead atoms. The van der Waals surface area contributed by atoms with Gasteiger partial charge in [-0.15, -0.1) is 13.2 Å². The smallest absolute Gasteiger partial charge is 0.405 e. The van der Waals surface area contributed by atoms with Crippen molar-refractivity contribution in [2.24, 2.45) is 0 Å². The van der Waals surface area contributed by atoms with Crippen molar-refractivity contribution >= 4 is 38.5 Å². The van der Waals surface area contributed by atoms with Gasteiger partial charge in [-0.3, -0.25) is 0 Å². The van der Waals surface area contributed by atoms with Crippen LogP contribution in [0.3, 0.4) is 0 Å². The molecule has 1 aromatic rings. The molecule has 7 heteroatoms. The molecule has 0 saturated carbocycles. The maximum atomic E-state index is 12.8. The first-order chi connectivity index (χ1) is 6.29. The Morgan fingerprint density at radius 2 is 1.86 bits per heavy atom. The predicted molar refractivity (Wildman–Crippen MR) is 53.5 cm³/mol. The highest BCUT2D eigenvalue weighted by molar-refractivity contribution is 14.1. The van der Waals surface area contributed by atoms with Crippen LogP contribution in [0, 0.1) is 9.39 Å². The van der Waals surface area contributed by atoms with Crippen LogP contribution in [0.1, 0.15) is 0 Å². The van der Waals surface area contributed by atoms with Crippen molar-refractivity contribution in [2.45, 2.75) is 6.36 Å². The maximum Gasteiger partial charge on any atom is 0.573 e. The molecule has 0 amide bonds. The monoisotopic (exact) mass is 384 g/mol. The van der Waals surface area contributed by atoms with Gasteiger partial charge in [-0.1, -0.05) is 0 Å². The zero-order valence-electron chi connectivity index (χ0n) is 6.33. The van der Waals surface area contributed by atoms with Gasteiger partial charge in [0, 0.05) is 6.07 Å². The van der Waals surface area contributed by atoms with Gasteiger partial charge in [-0.25, -0.2) is 4.39 Å². The standard InChI is InChI=1S/C7H2BrF4IO/c8-3-1-5(13)6(2-4(3)9)14-7(10,11)12/h1-2H. The molecule has 14 heavy (non-hydrogen) atoms. The van der Waals surface area contributed by atoms with E-state index < -0.39 is 17.9 Å². The minimum atomic E-state index is -4.81. The summed E-state index contributed by atoms with van der Waals surface area (Å²) in [6.45, 7) is 0. The van der Waals surface area contributed by atoms with E-state index in [0.717, 1.165) is 0 Å². The minimum absolute atomic E-state index is 0.0939. The molecule has 1 aromatic carbocycles. The summed E-state index contributed by atoms with van der Waals surface area (Å²) in [6, 6.07) is 1.89. The van der Waals surface area contributed by atoms with Crippen molar-refractivity contribution in [3.63, 3.8) is 0 Å². The molecule has 1 nitrogen and oxygen atoms in total. The largest absolute Gasteiger partial charge is 0.573 e. The molecule has 0 N–H and O–H groups in total. The van der Waals surface area contributed by atoms with E-state index in [1.54, 1.807) is 22.6 Å². The molecular formula is C7H2BrF4IO. The first kappa shape index (κ1) is 12.0.